The fourth-order valence-electron chi connectivity index (χ4n) is 1.07. The highest BCUT2D eigenvalue weighted by molar-refractivity contribution is 8.13. The van der Waals surface area contributed by atoms with Crippen molar-refractivity contribution in [3.05, 3.63) is 34.3 Å². The van der Waals surface area contributed by atoms with Crippen LogP contribution < -0.4 is 0 Å². The molecule has 0 saturated heterocycles. The summed E-state index contributed by atoms with van der Waals surface area (Å²) in [6.45, 7) is 1.39. The summed E-state index contributed by atoms with van der Waals surface area (Å²) in [5.41, 5.74) is -0.689. The van der Waals surface area contributed by atoms with E-state index in [0.29, 0.717) is 0 Å². The van der Waals surface area contributed by atoms with E-state index in [1.165, 1.54) is 6.92 Å². The lowest BCUT2D eigenvalue weighted by molar-refractivity contribution is -0.137. The molecule has 0 unspecified atom stereocenters. The quantitative estimate of drug-likeness (QED) is 0.728. The van der Waals surface area contributed by atoms with Crippen LogP contribution in [0.3, 0.4) is 0 Å². The van der Waals surface area contributed by atoms with Gasteiger partial charge in [-0.25, -0.2) is 0 Å². The average Bonchev–Trinajstić information content (AvgIpc) is 2.24. The van der Waals surface area contributed by atoms with Crippen LogP contribution in [0.15, 0.2) is 18.2 Å². The molecule has 0 fully saturated rings. The molecule has 0 spiro atoms. The van der Waals surface area contributed by atoms with Gasteiger partial charge in [0, 0.05) is 12.5 Å². The van der Waals surface area contributed by atoms with Crippen molar-refractivity contribution in [2.45, 2.75) is 13.1 Å². The second-order valence-corrected chi connectivity index (χ2v) is 4.83. The van der Waals surface area contributed by atoms with E-state index < -0.39 is 11.7 Å². The number of halogens is 4. The van der Waals surface area contributed by atoms with E-state index in [4.69, 9.17) is 11.6 Å². The third-order valence-corrected chi connectivity index (χ3v) is 2.89. The Morgan fingerprint density at radius 1 is 1.44 bits per heavy atom. The number of rotatable bonds is 1. The lowest BCUT2D eigenvalue weighted by atomic mass is 10.1. The SMILES string of the molecule is CC(=O)SCC#Cc1cc(C(F)(F)F)ccc1Cl. The minimum atomic E-state index is -4.42. The second kappa shape index (κ2) is 6.17. The summed E-state index contributed by atoms with van der Waals surface area (Å²) in [4.78, 5) is 10.6. The highest BCUT2D eigenvalue weighted by Crippen LogP contribution is 2.31. The Labute approximate surface area is 112 Å². The number of benzene rings is 1. The van der Waals surface area contributed by atoms with E-state index in [0.717, 1.165) is 30.0 Å². The Morgan fingerprint density at radius 2 is 2.11 bits per heavy atom. The van der Waals surface area contributed by atoms with Gasteiger partial charge >= 0.3 is 6.18 Å². The minimum absolute atomic E-state index is 0.0977. The number of hydrogen-bond acceptors (Lipinski definition) is 2. The number of alkyl halides is 3. The Morgan fingerprint density at radius 3 is 2.67 bits per heavy atom. The number of hydrogen-bond donors (Lipinski definition) is 0. The molecule has 6 heteroatoms. The molecule has 0 N–H and O–H groups in total. The van der Waals surface area contributed by atoms with Crippen molar-refractivity contribution in [1.29, 1.82) is 0 Å². The maximum absolute atomic E-state index is 12.5. The zero-order chi connectivity index (χ0) is 13.8. The number of thioether (sulfide) groups is 1. The van der Waals surface area contributed by atoms with Gasteiger partial charge in [0.2, 0.25) is 0 Å². The first-order valence-corrected chi connectivity index (χ1v) is 6.16. The molecule has 18 heavy (non-hydrogen) atoms. The molecular weight excluding hydrogens is 285 g/mol. The molecule has 0 heterocycles. The average molecular weight is 293 g/mol. The van der Waals surface area contributed by atoms with Gasteiger partial charge < -0.3 is 0 Å². The molecule has 0 aliphatic rings. The summed E-state index contributed by atoms with van der Waals surface area (Å²) in [6, 6.07) is 2.96. The third kappa shape index (κ3) is 4.63. The van der Waals surface area contributed by atoms with Crippen molar-refractivity contribution < 1.29 is 18.0 Å². The van der Waals surface area contributed by atoms with E-state index >= 15 is 0 Å². The van der Waals surface area contributed by atoms with Crippen LogP contribution in [-0.2, 0) is 11.0 Å². The first-order valence-electron chi connectivity index (χ1n) is 4.79. The summed E-state index contributed by atoms with van der Waals surface area (Å²) in [6.07, 6.45) is -4.42. The van der Waals surface area contributed by atoms with Crippen LogP contribution in [0.2, 0.25) is 5.02 Å². The molecule has 0 amide bonds. The van der Waals surface area contributed by atoms with Gasteiger partial charge in [0.15, 0.2) is 5.12 Å². The van der Waals surface area contributed by atoms with Crippen molar-refractivity contribution in [2.24, 2.45) is 0 Å². The molecule has 0 aliphatic heterocycles. The van der Waals surface area contributed by atoms with Crippen LogP contribution in [0.25, 0.3) is 0 Å². The number of carbonyl (C=O) groups excluding carboxylic acids is 1. The molecule has 1 aromatic rings. The fraction of sp³-hybridized carbons (Fsp3) is 0.250. The molecular formula is C12H8ClF3OS. The minimum Gasteiger partial charge on any atom is -0.288 e. The van der Waals surface area contributed by atoms with Crippen LogP contribution in [0.5, 0.6) is 0 Å². The monoisotopic (exact) mass is 292 g/mol. The Kier molecular flexibility index (Phi) is 5.12. The molecule has 96 valence electrons. The van der Waals surface area contributed by atoms with Gasteiger partial charge in [0.25, 0.3) is 0 Å². The predicted molar refractivity (Wildman–Crippen MR) is 66.5 cm³/mol. The van der Waals surface area contributed by atoms with E-state index in [1.807, 2.05) is 0 Å². The van der Waals surface area contributed by atoms with Gasteiger partial charge in [-0.05, 0) is 18.2 Å². The van der Waals surface area contributed by atoms with Crippen LogP contribution in [-0.4, -0.2) is 10.9 Å². The van der Waals surface area contributed by atoms with Crippen LogP contribution in [0.4, 0.5) is 13.2 Å². The molecule has 0 aliphatic carbocycles. The maximum atomic E-state index is 12.5. The van der Waals surface area contributed by atoms with Crippen molar-refractivity contribution in [3.63, 3.8) is 0 Å². The summed E-state index contributed by atoms with van der Waals surface area (Å²) in [5, 5.41) is 0.0581. The standard InChI is InChI=1S/C12H8ClF3OS/c1-8(17)18-6-2-3-9-7-10(12(14,15)16)4-5-11(9)13/h4-5,7H,6H2,1H3. The van der Waals surface area contributed by atoms with E-state index in [1.54, 1.807) is 0 Å². The van der Waals surface area contributed by atoms with Gasteiger partial charge in [-0.3, -0.25) is 4.79 Å². The Hall–Kier alpha value is -1.12. The zero-order valence-electron chi connectivity index (χ0n) is 9.27. The van der Waals surface area contributed by atoms with Crippen molar-refractivity contribution >= 4 is 28.5 Å². The smallest absolute Gasteiger partial charge is 0.288 e. The molecule has 0 atom stereocenters. The summed E-state index contributed by atoms with van der Waals surface area (Å²) in [7, 11) is 0. The lowest BCUT2D eigenvalue weighted by Gasteiger charge is -2.07. The van der Waals surface area contributed by atoms with Gasteiger partial charge in [-0.1, -0.05) is 35.2 Å². The van der Waals surface area contributed by atoms with Gasteiger partial charge in [0.05, 0.1) is 16.3 Å². The molecule has 0 bridgehead atoms. The molecule has 0 aromatic heterocycles. The predicted octanol–water partition coefficient (Wildman–Crippen LogP) is 3.99. The van der Waals surface area contributed by atoms with E-state index in [-0.39, 0.29) is 21.5 Å². The molecule has 1 rings (SSSR count). The highest BCUT2D eigenvalue weighted by Gasteiger charge is 2.30. The highest BCUT2D eigenvalue weighted by atomic mass is 35.5. The van der Waals surface area contributed by atoms with E-state index in [2.05, 4.69) is 11.8 Å². The summed E-state index contributed by atoms with van der Waals surface area (Å²) < 4.78 is 37.4. The Bertz CT molecular complexity index is 514. The van der Waals surface area contributed by atoms with Crippen molar-refractivity contribution in [3.8, 4) is 11.8 Å². The maximum Gasteiger partial charge on any atom is 0.416 e. The van der Waals surface area contributed by atoms with Crippen LogP contribution in [0.1, 0.15) is 18.1 Å². The molecule has 0 saturated carbocycles. The largest absolute Gasteiger partial charge is 0.416 e. The van der Waals surface area contributed by atoms with Gasteiger partial charge in [-0.2, -0.15) is 13.2 Å². The summed E-state index contributed by atoms with van der Waals surface area (Å²) in [5.74, 6) is 5.34. The first-order chi connectivity index (χ1) is 8.30. The van der Waals surface area contributed by atoms with Crippen LogP contribution >= 0.6 is 23.4 Å². The van der Waals surface area contributed by atoms with Crippen LogP contribution in [0, 0.1) is 11.8 Å². The van der Waals surface area contributed by atoms with Gasteiger partial charge in [-0.15, -0.1) is 0 Å². The first kappa shape index (κ1) is 14.9. The summed E-state index contributed by atoms with van der Waals surface area (Å²) >= 11 is 6.73. The topological polar surface area (TPSA) is 17.1 Å². The third-order valence-electron chi connectivity index (χ3n) is 1.86. The van der Waals surface area contributed by atoms with Gasteiger partial charge in [0.1, 0.15) is 0 Å². The zero-order valence-corrected chi connectivity index (χ0v) is 10.8. The molecule has 1 aromatic carbocycles. The molecule has 0 radical (unpaired) electrons. The van der Waals surface area contributed by atoms with E-state index in [9.17, 15) is 18.0 Å². The van der Waals surface area contributed by atoms with Crippen molar-refractivity contribution in [1.82, 2.24) is 0 Å². The second-order valence-electron chi connectivity index (χ2n) is 3.27. The molecule has 1 nitrogen and oxygen atoms in total. The fourth-order valence-corrected chi connectivity index (χ4v) is 1.58. The number of carbonyl (C=O) groups is 1. The lowest BCUT2D eigenvalue weighted by Crippen LogP contribution is -2.04. The Balaban J connectivity index is 2.91. The van der Waals surface area contributed by atoms with Crippen molar-refractivity contribution in [2.75, 3.05) is 5.75 Å². The normalized spacial score (nSPS) is 10.7.